The van der Waals surface area contributed by atoms with Crippen molar-refractivity contribution in [3.05, 3.63) is 24.3 Å². The van der Waals surface area contributed by atoms with Gasteiger partial charge in [-0.05, 0) is 38.3 Å². The van der Waals surface area contributed by atoms with Crippen LogP contribution in [0.4, 0.5) is 0 Å². The highest BCUT2D eigenvalue weighted by Gasteiger charge is 2.30. The van der Waals surface area contributed by atoms with Gasteiger partial charge in [-0.3, -0.25) is 9.59 Å². The number of para-hydroxylation sites is 1. The van der Waals surface area contributed by atoms with Crippen LogP contribution >= 0.6 is 23.1 Å². The molecule has 0 radical (unpaired) electrons. The number of thioether (sulfide) groups is 1. The molecule has 3 rings (SSSR count). The van der Waals surface area contributed by atoms with Crippen LogP contribution < -0.4 is 5.43 Å². The number of hydrogen-bond donors (Lipinski definition) is 1. The van der Waals surface area contributed by atoms with Gasteiger partial charge in [0.05, 0.1) is 34.2 Å². The Bertz CT molecular complexity index is 770. The lowest BCUT2D eigenvalue weighted by Crippen LogP contribution is -2.26. The highest BCUT2D eigenvalue weighted by Crippen LogP contribution is 2.29. The molecule has 1 aromatic carbocycles. The van der Waals surface area contributed by atoms with Gasteiger partial charge >= 0.3 is 5.97 Å². The molecule has 1 N–H and O–H groups in total. The molecule has 1 saturated carbocycles. The number of ether oxygens (including phenoxy) is 1. The third kappa shape index (κ3) is 4.58. The van der Waals surface area contributed by atoms with Crippen molar-refractivity contribution in [1.29, 1.82) is 0 Å². The number of hydrogen-bond acceptors (Lipinski definition) is 7. The van der Waals surface area contributed by atoms with Crippen LogP contribution in [-0.2, 0) is 14.3 Å². The van der Waals surface area contributed by atoms with Gasteiger partial charge in [-0.25, -0.2) is 10.4 Å². The zero-order chi connectivity index (χ0) is 17.6. The van der Waals surface area contributed by atoms with E-state index in [0.717, 1.165) is 33.8 Å². The molecule has 0 saturated heterocycles. The first-order chi connectivity index (χ1) is 12.2. The molecular formula is C17H19N3O3S2. The first-order valence-corrected chi connectivity index (χ1v) is 9.98. The molecule has 1 heterocycles. The van der Waals surface area contributed by atoms with Crippen molar-refractivity contribution in [2.45, 2.75) is 30.5 Å². The van der Waals surface area contributed by atoms with Gasteiger partial charge in [0.2, 0.25) is 0 Å². The summed E-state index contributed by atoms with van der Waals surface area (Å²) in [5.41, 5.74) is 4.20. The molecule has 132 valence electrons. The zero-order valence-corrected chi connectivity index (χ0v) is 15.5. The van der Waals surface area contributed by atoms with Gasteiger partial charge in [0.1, 0.15) is 0 Å². The third-order valence-corrected chi connectivity index (χ3v) is 6.00. The minimum Gasteiger partial charge on any atom is -0.465 e. The number of esters is 1. The van der Waals surface area contributed by atoms with Crippen LogP contribution in [0.1, 0.15) is 26.2 Å². The van der Waals surface area contributed by atoms with Crippen molar-refractivity contribution in [2.75, 3.05) is 12.4 Å². The second-order valence-electron chi connectivity index (χ2n) is 5.57. The molecule has 1 fully saturated rings. The minimum atomic E-state index is -0.322. The quantitative estimate of drug-likeness (QED) is 0.475. The summed E-state index contributed by atoms with van der Waals surface area (Å²) in [5, 5.41) is 4.15. The Balaban J connectivity index is 1.52. The van der Waals surface area contributed by atoms with Crippen molar-refractivity contribution < 1.29 is 14.3 Å². The Hall–Kier alpha value is -1.93. The Morgan fingerprint density at radius 3 is 3.08 bits per heavy atom. The van der Waals surface area contributed by atoms with E-state index in [0.29, 0.717) is 12.3 Å². The largest absolute Gasteiger partial charge is 0.465 e. The number of carbonyl (C=O) groups excluding carboxylic acids is 2. The van der Waals surface area contributed by atoms with Gasteiger partial charge in [0, 0.05) is 0 Å². The predicted molar refractivity (Wildman–Crippen MR) is 99.9 cm³/mol. The Kier molecular flexibility index (Phi) is 6.04. The van der Waals surface area contributed by atoms with E-state index in [1.807, 2.05) is 24.3 Å². The average Bonchev–Trinajstić information content (AvgIpc) is 3.24. The van der Waals surface area contributed by atoms with Crippen molar-refractivity contribution >= 4 is 50.9 Å². The second kappa shape index (κ2) is 8.44. The van der Waals surface area contributed by atoms with E-state index in [2.05, 4.69) is 15.5 Å². The van der Waals surface area contributed by atoms with Crippen molar-refractivity contribution in [2.24, 2.45) is 11.0 Å². The van der Waals surface area contributed by atoms with Gasteiger partial charge in [0.15, 0.2) is 4.34 Å². The van der Waals surface area contributed by atoms with Crippen LogP contribution in [0.15, 0.2) is 33.7 Å². The lowest BCUT2D eigenvalue weighted by atomic mass is 10.1. The van der Waals surface area contributed by atoms with Crippen LogP contribution in [0.3, 0.4) is 0 Å². The van der Waals surface area contributed by atoms with Gasteiger partial charge in [-0.2, -0.15) is 5.10 Å². The summed E-state index contributed by atoms with van der Waals surface area (Å²) in [6.45, 7) is 2.14. The van der Waals surface area contributed by atoms with Crippen LogP contribution in [0.25, 0.3) is 10.2 Å². The first kappa shape index (κ1) is 17.9. The van der Waals surface area contributed by atoms with Crippen molar-refractivity contribution in [3.63, 3.8) is 0 Å². The molecule has 1 atom stereocenters. The summed E-state index contributed by atoms with van der Waals surface area (Å²) in [5.74, 6) is -0.541. The molecule has 2 aromatic rings. The van der Waals surface area contributed by atoms with Crippen molar-refractivity contribution in [1.82, 2.24) is 10.4 Å². The van der Waals surface area contributed by atoms with Crippen LogP contribution in [-0.4, -0.2) is 34.9 Å². The summed E-state index contributed by atoms with van der Waals surface area (Å²) in [4.78, 5) is 28.4. The lowest BCUT2D eigenvalue weighted by Gasteiger charge is -2.09. The van der Waals surface area contributed by atoms with E-state index in [1.54, 1.807) is 18.3 Å². The Morgan fingerprint density at radius 2 is 2.28 bits per heavy atom. The lowest BCUT2D eigenvalue weighted by molar-refractivity contribution is -0.145. The molecule has 0 aliphatic heterocycles. The number of thiazole rings is 1. The fourth-order valence-corrected chi connectivity index (χ4v) is 4.53. The monoisotopic (exact) mass is 377 g/mol. The first-order valence-electron chi connectivity index (χ1n) is 8.17. The smallest absolute Gasteiger partial charge is 0.314 e. The van der Waals surface area contributed by atoms with E-state index in [-0.39, 0.29) is 23.5 Å². The summed E-state index contributed by atoms with van der Waals surface area (Å²) < 4.78 is 7.01. The number of nitrogens with zero attached hydrogens (tertiary/aromatic N) is 2. The van der Waals surface area contributed by atoms with E-state index >= 15 is 0 Å². The molecule has 1 aromatic heterocycles. The number of nitrogens with one attached hydrogen (secondary N) is 1. The number of fused-ring (bicyclic) bond motifs is 1. The predicted octanol–water partition coefficient (Wildman–Crippen LogP) is 3.22. The molecular weight excluding hydrogens is 358 g/mol. The molecule has 25 heavy (non-hydrogen) atoms. The molecule has 1 aliphatic rings. The minimum absolute atomic E-state index is 0.203. The average molecular weight is 377 g/mol. The number of rotatable bonds is 6. The standard InChI is InChI=1S/C17H19N3O3S2/c1-2-23-16(22)11-6-5-8-12(11)19-20-15(21)10-24-17-18-13-7-3-4-9-14(13)25-17/h3-4,7,9,11H,2,5-6,8,10H2,1H3,(H,20,21)/b19-12-. The highest BCUT2D eigenvalue weighted by molar-refractivity contribution is 8.01. The van der Waals surface area contributed by atoms with Crippen LogP contribution in [0.2, 0.25) is 0 Å². The topological polar surface area (TPSA) is 80.6 Å². The summed E-state index contributed by atoms with van der Waals surface area (Å²) in [6.07, 6.45) is 2.33. The maximum Gasteiger partial charge on any atom is 0.314 e. The van der Waals surface area contributed by atoms with Crippen molar-refractivity contribution in [3.8, 4) is 0 Å². The number of carbonyl (C=O) groups is 2. The van der Waals surface area contributed by atoms with E-state index < -0.39 is 0 Å². The van der Waals surface area contributed by atoms with E-state index in [1.165, 1.54) is 11.8 Å². The molecule has 8 heteroatoms. The van der Waals surface area contributed by atoms with E-state index in [4.69, 9.17) is 4.74 Å². The van der Waals surface area contributed by atoms with Gasteiger partial charge < -0.3 is 4.74 Å². The number of amides is 1. The molecule has 6 nitrogen and oxygen atoms in total. The SMILES string of the molecule is CCOC(=O)C1CCC/C1=N/NC(=O)CSc1nc2ccccc2s1. The molecule has 1 aliphatic carbocycles. The highest BCUT2D eigenvalue weighted by atomic mass is 32.2. The van der Waals surface area contributed by atoms with Gasteiger partial charge in [-0.15, -0.1) is 11.3 Å². The van der Waals surface area contributed by atoms with Gasteiger partial charge in [0.25, 0.3) is 5.91 Å². The van der Waals surface area contributed by atoms with Crippen LogP contribution in [0.5, 0.6) is 0 Å². The van der Waals surface area contributed by atoms with E-state index in [9.17, 15) is 9.59 Å². The molecule has 1 unspecified atom stereocenters. The molecule has 0 bridgehead atoms. The summed E-state index contributed by atoms with van der Waals surface area (Å²) >= 11 is 2.95. The molecule has 1 amide bonds. The normalized spacial score (nSPS) is 18.6. The second-order valence-corrected chi connectivity index (χ2v) is 7.82. The van der Waals surface area contributed by atoms with Crippen LogP contribution in [0, 0.1) is 5.92 Å². The van der Waals surface area contributed by atoms with Gasteiger partial charge in [-0.1, -0.05) is 23.9 Å². The summed E-state index contributed by atoms with van der Waals surface area (Å²) in [7, 11) is 0. The molecule has 0 spiro atoms. The number of benzene rings is 1. The fourth-order valence-electron chi connectivity index (χ4n) is 2.67. The fraction of sp³-hybridized carbons (Fsp3) is 0.412. The third-order valence-electron chi connectivity index (χ3n) is 3.82. The Morgan fingerprint density at radius 1 is 1.44 bits per heavy atom. The zero-order valence-electron chi connectivity index (χ0n) is 13.9. The Labute approximate surface area is 154 Å². The number of aromatic nitrogens is 1. The maximum absolute atomic E-state index is 12.0. The maximum atomic E-state index is 12.0. The number of hydrazone groups is 1. The summed E-state index contributed by atoms with van der Waals surface area (Å²) in [6, 6.07) is 7.89.